The van der Waals surface area contributed by atoms with Gasteiger partial charge in [-0.15, -0.1) is 0 Å². The van der Waals surface area contributed by atoms with Crippen LogP contribution in [-0.4, -0.2) is 70.2 Å². The van der Waals surface area contributed by atoms with E-state index in [9.17, 15) is 20.1 Å². The number of rotatable bonds is 14. The molecule has 0 unspecified atom stereocenters. The molecule has 6 nitrogen and oxygen atoms in total. The monoisotopic (exact) mass is 389 g/mol. The summed E-state index contributed by atoms with van der Waals surface area (Å²) in [5.74, 6) is 0.344. The third-order valence-corrected chi connectivity index (χ3v) is 5.13. The molecule has 0 rings (SSSR count). The molecule has 0 aromatic rings. The minimum atomic E-state index is -1.35. The Morgan fingerprint density at radius 2 is 1.56 bits per heavy atom. The lowest BCUT2D eigenvalue weighted by Crippen LogP contribution is -2.62. The van der Waals surface area contributed by atoms with Crippen LogP contribution in [0.2, 0.25) is 0 Å². The van der Waals surface area contributed by atoms with Crippen molar-refractivity contribution in [2.45, 2.75) is 85.3 Å². The molecule has 0 aromatic carbocycles. The van der Waals surface area contributed by atoms with Crippen molar-refractivity contribution in [1.29, 1.82) is 0 Å². The summed E-state index contributed by atoms with van der Waals surface area (Å²) >= 11 is 0. The molecule has 162 valence electrons. The van der Waals surface area contributed by atoms with Crippen molar-refractivity contribution in [3.8, 4) is 0 Å². The molecule has 6 heteroatoms. The molecule has 0 aliphatic heterocycles. The zero-order chi connectivity index (χ0) is 21.3. The molecule has 0 heterocycles. The van der Waals surface area contributed by atoms with Gasteiger partial charge < -0.3 is 25.0 Å². The Balaban J connectivity index is 5.22. The van der Waals surface area contributed by atoms with Gasteiger partial charge >= 0.3 is 0 Å². The van der Waals surface area contributed by atoms with Gasteiger partial charge in [0.25, 0.3) is 0 Å². The number of hydrogen-bond acceptors (Lipinski definition) is 5. The highest BCUT2D eigenvalue weighted by atomic mass is 16.5. The van der Waals surface area contributed by atoms with E-state index in [1.54, 1.807) is 0 Å². The Bertz CT molecular complexity index is 422. The number of carbonyl (C=O) groups excluding carboxylic acids is 1. The van der Waals surface area contributed by atoms with Gasteiger partial charge in [-0.2, -0.15) is 0 Å². The molecule has 0 bridgehead atoms. The van der Waals surface area contributed by atoms with E-state index >= 15 is 0 Å². The largest absolute Gasteiger partial charge is 0.394 e. The molecule has 0 aromatic heterocycles. The summed E-state index contributed by atoms with van der Waals surface area (Å²) in [6.45, 7) is 13.5. The van der Waals surface area contributed by atoms with E-state index in [1.807, 2.05) is 20.8 Å². The van der Waals surface area contributed by atoms with Crippen molar-refractivity contribution in [2.24, 2.45) is 11.3 Å². The Hall–Kier alpha value is -0.690. The SMILES string of the molecule is CCCCN(C(=O)C(C)(C)CCOC(C)(C)CC(C)C)C(CO)(CO)CO. The van der Waals surface area contributed by atoms with Gasteiger partial charge in [-0.05, 0) is 39.0 Å². The van der Waals surface area contributed by atoms with Gasteiger partial charge in [0, 0.05) is 18.6 Å². The number of aliphatic hydroxyl groups excluding tert-OH is 3. The summed E-state index contributed by atoms with van der Waals surface area (Å²) in [7, 11) is 0. The van der Waals surface area contributed by atoms with Crippen LogP contribution in [0.4, 0.5) is 0 Å². The molecule has 0 spiro atoms. The predicted octanol–water partition coefficient (Wildman–Crippen LogP) is 2.59. The van der Waals surface area contributed by atoms with Crippen LogP contribution in [0.25, 0.3) is 0 Å². The number of amides is 1. The highest BCUT2D eigenvalue weighted by molar-refractivity contribution is 5.82. The quantitative estimate of drug-likeness (QED) is 0.425. The lowest BCUT2D eigenvalue weighted by atomic mass is 9.85. The molecule has 0 aliphatic carbocycles. The highest BCUT2D eigenvalue weighted by Crippen LogP contribution is 2.30. The first-order chi connectivity index (χ1) is 12.4. The number of nitrogens with zero attached hydrogens (tertiary/aromatic N) is 1. The zero-order valence-corrected chi connectivity index (χ0v) is 18.5. The second kappa shape index (κ2) is 11.3. The Morgan fingerprint density at radius 1 is 1.04 bits per heavy atom. The van der Waals surface area contributed by atoms with E-state index in [0.717, 1.165) is 19.3 Å². The summed E-state index contributed by atoms with van der Waals surface area (Å²) in [6, 6.07) is 0. The first-order valence-electron chi connectivity index (χ1n) is 10.2. The minimum absolute atomic E-state index is 0.182. The molecular formula is C21H43NO5. The lowest BCUT2D eigenvalue weighted by molar-refractivity contribution is -0.157. The van der Waals surface area contributed by atoms with E-state index in [0.29, 0.717) is 25.5 Å². The number of aliphatic hydroxyl groups is 3. The average molecular weight is 390 g/mol. The van der Waals surface area contributed by atoms with Crippen molar-refractivity contribution >= 4 is 5.91 Å². The third kappa shape index (κ3) is 8.06. The van der Waals surface area contributed by atoms with E-state index in [4.69, 9.17) is 4.74 Å². The van der Waals surface area contributed by atoms with Crippen molar-refractivity contribution in [3.05, 3.63) is 0 Å². The molecule has 0 radical (unpaired) electrons. The number of hydrogen-bond donors (Lipinski definition) is 3. The summed E-state index contributed by atoms with van der Waals surface area (Å²) in [4.78, 5) is 14.7. The lowest BCUT2D eigenvalue weighted by Gasteiger charge is -2.44. The summed E-state index contributed by atoms with van der Waals surface area (Å²) in [5, 5.41) is 29.4. The van der Waals surface area contributed by atoms with E-state index in [1.165, 1.54) is 4.90 Å². The number of carbonyl (C=O) groups is 1. The molecule has 1 amide bonds. The normalized spacial score (nSPS) is 13.3. The topological polar surface area (TPSA) is 90.2 Å². The van der Waals surface area contributed by atoms with Crippen molar-refractivity contribution < 1.29 is 24.9 Å². The fourth-order valence-corrected chi connectivity index (χ4v) is 3.37. The van der Waals surface area contributed by atoms with Crippen LogP contribution in [0, 0.1) is 11.3 Å². The first kappa shape index (κ1) is 26.3. The maximum absolute atomic E-state index is 13.3. The van der Waals surface area contributed by atoms with Gasteiger partial charge in [0.2, 0.25) is 5.91 Å². The fraction of sp³-hybridized carbons (Fsp3) is 0.952. The molecule has 0 aliphatic rings. The fourth-order valence-electron chi connectivity index (χ4n) is 3.37. The van der Waals surface area contributed by atoms with Gasteiger partial charge in [-0.3, -0.25) is 4.79 Å². The summed E-state index contributed by atoms with van der Waals surface area (Å²) in [5.41, 5.74) is -2.33. The molecular weight excluding hydrogens is 346 g/mol. The van der Waals surface area contributed by atoms with E-state index < -0.39 is 30.8 Å². The van der Waals surface area contributed by atoms with Crippen LogP contribution in [-0.2, 0) is 9.53 Å². The minimum Gasteiger partial charge on any atom is -0.394 e. The van der Waals surface area contributed by atoms with Crippen LogP contribution in [0.1, 0.15) is 74.1 Å². The predicted molar refractivity (Wildman–Crippen MR) is 108 cm³/mol. The third-order valence-electron chi connectivity index (χ3n) is 5.13. The van der Waals surface area contributed by atoms with Crippen molar-refractivity contribution in [2.75, 3.05) is 33.0 Å². The van der Waals surface area contributed by atoms with Crippen LogP contribution in [0.15, 0.2) is 0 Å². The second-order valence-electron chi connectivity index (χ2n) is 9.35. The standard InChI is InChI=1S/C21H43NO5/c1-8-9-11-22(21(14-23,15-24)16-25)18(26)19(4,5)10-12-27-20(6,7)13-17(2)3/h17,23-25H,8-16H2,1-7H3. The molecule has 0 saturated carbocycles. The maximum Gasteiger partial charge on any atom is 0.229 e. The molecule has 0 atom stereocenters. The molecule has 27 heavy (non-hydrogen) atoms. The van der Waals surface area contributed by atoms with E-state index in [-0.39, 0.29) is 11.5 Å². The van der Waals surface area contributed by atoms with Gasteiger partial charge in [-0.1, -0.05) is 41.0 Å². The van der Waals surface area contributed by atoms with Gasteiger partial charge in [-0.25, -0.2) is 0 Å². The van der Waals surface area contributed by atoms with Crippen LogP contribution >= 0.6 is 0 Å². The Kier molecular flexibility index (Phi) is 11.1. The number of unbranched alkanes of at least 4 members (excludes halogenated alkanes) is 1. The Labute approximate surface area is 165 Å². The summed E-state index contributed by atoms with van der Waals surface area (Å²) < 4.78 is 6.03. The van der Waals surface area contributed by atoms with Crippen molar-refractivity contribution in [1.82, 2.24) is 4.90 Å². The average Bonchev–Trinajstić information content (AvgIpc) is 2.57. The van der Waals surface area contributed by atoms with Crippen LogP contribution < -0.4 is 0 Å². The van der Waals surface area contributed by atoms with E-state index in [2.05, 4.69) is 27.7 Å². The van der Waals surface area contributed by atoms with Crippen LogP contribution in [0.3, 0.4) is 0 Å². The Morgan fingerprint density at radius 3 is 1.96 bits per heavy atom. The van der Waals surface area contributed by atoms with Crippen molar-refractivity contribution in [3.63, 3.8) is 0 Å². The smallest absolute Gasteiger partial charge is 0.229 e. The van der Waals surface area contributed by atoms with Gasteiger partial charge in [0.15, 0.2) is 0 Å². The first-order valence-corrected chi connectivity index (χ1v) is 10.2. The summed E-state index contributed by atoms with van der Waals surface area (Å²) in [6.07, 6.45) is 3.07. The van der Waals surface area contributed by atoms with Gasteiger partial charge in [0.05, 0.1) is 25.4 Å². The van der Waals surface area contributed by atoms with Gasteiger partial charge in [0.1, 0.15) is 5.54 Å². The zero-order valence-electron chi connectivity index (χ0n) is 18.5. The maximum atomic E-state index is 13.3. The molecule has 0 fully saturated rings. The second-order valence-corrected chi connectivity index (χ2v) is 9.35. The highest BCUT2D eigenvalue weighted by Gasteiger charge is 2.43. The molecule has 3 N–H and O–H groups in total. The number of ether oxygens (including phenoxy) is 1. The molecule has 0 saturated heterocycles. The van der Waals surface area contributed by atoms with Crippen LogP contribution in [0.5, 0.6) is 0 Å².